The summed E-state index contributed by atoms with van der Waals surface area (Å²) in [7, 11) is 0. The van der Waals surface area contributed by atoms with Gasteiger partial charge in [0.15, 0.2) is 0 Å². The van der Waals surface area contributed by atoms with Gasteiger partial charge in [-0.05, 0) is 29.8 Å². The summed E-state index contributed by atoms with van der Waals surface area (Å²) in [6.07, 6.45) is -0.813. The maximum Gasteiger partial charge on any atom is 0.142 e. The molecule has 0 heterocycles. The summed E-state index contributed by atoms with van der Waals surface area (Å²) in [5, 5.41) is 9.92. The zero-order chi connectivity index (χ0) is 13.8. The Morgan fingerprint density at radius 3 is 2.74 bits per heavy atom. The standard InChI is InChI=1S/C14H13ClFNO2/c15-12-7-11(4-5-13(12)16)19-8-14(18)9-2-1-3-10(17)6-9/h1-7,14,18H,8,17H2. The number of halogens is 2. The second-order valence-electron chi connectivity index (χ2n) is 4.07. The number of hydrogen-bond acceptors (Lipinski definition) is 3. The topological polar surface area (TPSA) is 55.5 Å². The van der Waals surface area contributed by atoms with Crippen LogP contribution >= 0.6 is 11.6 Å². The third kappa shape index (κ3) is 3.59. The third-order valence-corrected chi connectivity index (χ3v) is 2.88. The predicted octanol–water partition coefficient (Wildman–Crippen LogP) is 3.17. The van der Waals surface area contributed by atoms with E-state index < -0.39 is 11.9 Å². The molecular formula is C14H13ClFNO2. The first-order chi connectivity index (χ1) is 9.06. The quantitative estimate of drug-likeness (QED) is 0.846. The summed E-state index contributed by atoms with van der Waals surface area (Å²) < 4.78 is 18.3. The minimum Gasteiger partial charge on any atom is -0.490 e. The van der Waals surface area contributed by atoms with Crippen LogP contribution in [-0.2, 0) is 0 Å². The minimum atomic E-state index is -0.813. The molecular weight excluding hydrogens is 269 g/mol. The molecule has 2 aromatic rings. The van der Waals surface area contributed by atoms with E-state index in [1.54, 1.807) is 24.3 Å². The molecule has 3 nitrogen and oxygen atoms in total. The first-order valence-electron chi connectivity index (χ1n) is 5.67. The average molecular weight is 282 g/mol. The van der Waals surface area contributed by atoms with E-state index in [9.17, 15) is 9.50 Å². The van der Waals surface area contributed by atoms with Crippen molar-refractivity contribution in [2.75, 3.05) is 12.3 Å². The first-order valence-corrected chi connectivity index (χ1v) is 6.05. The lowest BCUT2D eigenvalue weighted by atomic mass is 10.1. The number of nitrogens with two attached hydrogens (primary N) is 1. The van der Waals surface area contributed by atoms with E-state index in [0.717, 1.165) is 0 Å². The lowest BCUT2D eigenvalue weighted by molar-refractivity contribution is 0.108. The number of benzene rings is 2. The third-order valence-electron chi connectivity index (χ3n) is 2.59. The van der Waals surface area contributed by atoms with Gasteiger partial charge < -0.3 is 15.6 Å². The van der Waals surface area contributed by atoms with Gasteiger partial charge in [-0.25, -0.2) is 4.39 Å². The first kappa shape index (κ1) is 13.6. The molecule has 3 N–H and O–H groups in total. The number of anilines is 1. The highest BCUT2D eigenvalue weighted by atomic mass is 35.5. The van der Waals surface area contributed by atoms with E-state index in [0.29, 0.717) is 17.0 Å². The van der Waals surface area contributed by atoms with Crippen molar-refractivity contribution >= 4 is 17.3 Å². The van der Waals surface area contributed by atoms with Gasteiger partial charge in [-0.1, -0.05) is 23.7 Å². The van der Waals surface area contributed by atoms with Crippen LogP contribution in [0.15, 0.2) is 42.5 Å². The number of ether oxygens (including phenoxy) is 1. The molecule has 0 radical (unpaired) electrons. The lowest BCUT2D eigenvalue weighted by Crippen LogP contribution is -2.10. The highest BCUT2D eigenvalue weighted by Crippen LogP contribution is 2.23. The van der Waals surface area contributed by atoms with Crippen LogP contribution in [0.5, 0.6) is 5.75 Å². The molecule has 0 aliphatic rings. The van der Waals surface area contributed by atoms with Gasteiger partial charge in [0.1, 0.15) is 24.3 Å². The predicted molar refractivity (Wildman–Crippen MR) is 72.7 cm³/mol. The van der Waals surface area contributed by atoms with Crippen LogP contribution in [0.2, 0.25) is 5.02 Å². The lowest BCUT2D eigenvalue weighted by Gasteiger charge is -2.13. The van der Waals surface area contributed by atoms with E-state index in [4.69, 9.17) is 22.1 Å². The molecule has 0 bridgehead atoms. The minimum absolute atomic E-state index is 0.0176. The van der Waals surface area contributed by atoms with Crippen LogP contribution < -0.4 is 10.5 Å². The van der Waals surface area contributed by atoms with Crippen molar-refractivity contribution in [3.63, 3.8) is 0 Å². The van der Waals surface area contributed by atoms with Gasteiger partial charge >= 0.3 is 0 Å². The van der Waals surface area contributed by atoms with Crippen molar-refractivity contribution in [2.45, 2.75) is 6.10 Å². The Hall–Kier alpha value is -1.78. The van der Waals surface area contributed by atoms with E-state index in [1.165, 1.54) is 18.2 Å². The molecule has 1 unspecified atom stereocenters. The van der Waals surface area contributed by atoms with Crippen molar-refractivity contribution in [3.8, 4) is 5.75 Å². The summed E-state index contributed by atoms with van der Waals surface area (Å²) in [6.45, 7) is 0.0331. The van der Waals surface area contributed by atoms with Gasteiger partial charge in [-0.15, -0.1) is 0 Å². The molecule has 5 heteroatoms. The maximum atomic E-state index is 13.0. The van der Waals surface area contributed by atoms with Crippen molar-refractivity contribution in [1.29, 1.82) is 0 Å². The monoisotopic (exact) mass is 281 g/mol. The Morgan fingerprint density at radius 1 is 1.26 bits per heavy atom. The van der Waals surface area contributed by atoms with Crippen LogP contribution in [0.3, 0.4) is 0 Å². The zero-order valence-electron chi connectivity index (χ0n) is 10.0. The summed E-state index contributed by atoms with van der Waals surface area (Å²) in [4.78, 5) is 0. The van der Waals surface area contributed by atoms with Gasteiger partial charge in [0.05, 0.1) is 5.02 Å². The van der Waals surface area contributed by atoms with Crippen LogP contribution in [0.4, 0.5) is 10.1 Å². The number of nitrogen functional groups attached to an aromatic ring is 1. The summed E-state index contributed by atoms with van der Waals surface area (Å²) in [5.41, 5.74) is 6.86. The molecule has 0 spiro atoms. The second kappa shape index (κ2) is 5.91. The number of hydrogen-bond donors (Lipinski definition) is 2. The summed E-state index contributed by atoms with van der Waals surface area (Å²) in [6, 6.07) is 10.9. The van der Waals surface area contributed by atoms with Gasteiger partial charge in [-0.3, -0.25) is 0 Å². The average Bonchev–Trinajstić information content (AvgIpc) is 2.40. The zero-order valence-corrected chi connectivity index (χ0v) is 10.8. The Kier molecular flexibility index (Phi) is 4.24. The number of rotatable bonds is 4. The van der Waals surface area contributed by atoms with E-state index in [2.05, 4.69) is 0 Å². The van der Waals surface area contributed by atoms with Crippen molar-refractivity contribution in [2.24, 2.45) is 0 Å². The summed E-state index contributed by atoms with van der Waals surface area (Å²) >= 11 is 5.63. The largest absolute Gasteiger partial charge is 0.490 e. The number of aliphatic hydroxyl groups excluding tert-OH is 1. The van der Waals surface area contributed by atoms with Crippen molar-refractivity contribution in [3.05, 3.63) is 58.9 Å². The SMILES string of the molecule is Nc1cccc(C(O)COc2ccc(F)c(Cl)c2)c1. The van der Waals surface area contributed by atoms with Crippen LogP contribution in [-0.4, -0.2) is 11.7 Å². The van der Waals surface area contributed by atoms with E-state index in [1.807, 2.05) is 0 Å². The molecule has 0 aliphatic carbocycles. The van der Waals surface area contributed by atoms with Gasteiger partial charge in [0.2, 0.25) is 0 Å². The summed E-state index contributed by atoms with van der Waals surface area (Å²) in [5.74, 6) is -0.111. The molecule has 0 amide bonds. The number of aliphatic hydroxyl groups is 1. The fourth-order valence-corrected chi connectivity index (χ4v) is 1.77. The van der Waals surface area contributed by atoms with Crippen LogP contribution in [0, 0.1) is 5.82 Å². The molecule has 19 heavy (non-hydrogen) atoms. The molecule has 100 valence electrons. The highest BCUT2D eigenvalue weighted by Gasteiger charge is 2.09. The molecule has 0 saturated heterocycles. The molecule has 0 saturated carbocycles. The maximum absolute atomic E-state index is 13.0. The molecule has 0 aliphatic heterocycles. The van der Waals surface area contributed by atoms with Crippen LogP contribution in [0.25, 0.3) is 0 Å². The fraction of sp³-hybridized carbons (Fsp3) is 0.143. The molecule has 2 aromatic carbocycles. The molecule has 2 rings (SSSR count). The smallest absolute Gasteiger partial charge is 0.142 e. The van der Waals surface area contributed by atoms with Gasteiger partial charge in [-0.2, -0.15) is 0 Å². The normalized spacial score (nSPS) is 12.2. The fourth-order valence-electron chi connectivity index (χ4n) is 1.60. The van der Waals surface area contributed by atoms with Crippen LogP contribution in [0.1, 0.15) is 11.7 Å². The van der Waals surface area contributed by atoms with Crippen molar-refractivity contribution < 1.29 is 14.2 Å². The van der Waals surface area contributed by atoms with Gasteiger partial charge in [0.25, 0.3) is 0 Å². The van der Waals surface area contributed by atoms with Gasteiger partial charge in [0, 0.05) is 11.8 Å². The molecule has 0 fully saturated rings. The second-order valence-corrected chi connectivity index (χ2v) is 4.48. The Bertz CT molecular complexity index is 577. The Balaban J connectivity index is 2.00. The van der Waals surface area contributed by atoms with E-state index >= 15 is 0 Å². The Labute approximate surface area is 115 Å². The highest BCUT2D eigenvalue weighted by molar-refractivity contribution is 6.30. The Morgan fingerprint density at radius 2 is 2.05 bits per heavy atom. The van der Waals surface area contributed by atoms with E-state index in [-0.39, 0.29) is 11.6 Å². The molecule has 0 aromatic heterocycles. The van der Waals surface area contributed by atoms with Crippen molar-refractivity contribution in [1.82, 2.24) is 0 Å². The molecule has 1 atom stereocenters.